The highest BCUT2D eigenvalue weighted by molar-refractivity contribution is 5.90. The van der Waals surface area contributed by atoms with E-state index in [9.17, 15) is 5.11 Å². The van der Waals surface area contributed by atoms with Crippen molar-refractivity contribution in [2.24, 2.45) is 7.05 Å². The lowest BCUT2D eigenvalue weighted by atomic mass is 9.98. The molecule has 0 aliphatic carbocycles. The number of fused-ring (bicyclic) bond motifs is 1. The van der Waals surface area contributed by atoms with Crippen LogP contribution in [-0.2, 0) is 7.05 Å². The fourth-order valence-corrected chi connectivity index (χ4v) is 3.67. The Kier molecular flexibility index (Phi) is 4.17. The molecule has 5 rings (SSSR count). The van der Waals surface area contributed by atoms with Crippen molar-refractivity contribution in [2.45, 2.75) is 5.92 Å². The lowest BCUT2D eigenvalue weighted by Crippen LogP contribution is -2.40. The van der Waals surface area contributed by atoms with Gasteiger partial charge < -0.3 is 15.2 Å². The third-order valence-electron chi connectivity index (χ3n) is 5.40. The van der Waals surface area contributed by atoms with Gasteiger partial charge in [0.25, 0.3) is 0 Å². The fourth-order valence-electron chi connectivity index (χ4n) is 3.67. The van der Waals surface area contributed by atoms with Crippen molar-refractivity contribution in [3.63, 3.8) is 0 Å². The minimum Gasteiger partial charge on any atom is -0.507 e. The van der Waals surface area contributed by atoms with Crippen LogP contribution in [0.25, 0.3) is 33.3 Å². The summed E-state index contributed by atoms with van der Waals surface area (Å²) < 4.78 is 7.27. The molecule has 3 heterocycles. The van der Waals surface area contributed by atoms with Gasteiger partial charge in [-0.3, -0.25) is 4.68 Å². The van der Waals surface area contributed by atoms with E-state index in [1.165, 1.54) is 0 Å². The standard InChI is InChI=1S/C22H21N5O2/c1-27-12-15-7-14(9-21(29-2)22(15)26-27)13-3-4-17(20(28)8-13)19-6-5-18(24-25-19)16-10-23-11-16/h3-9,12,16,23,28H,10-11H2,1-2H3. The van der Waals surface area contributed by atoms with Crippen molar-refractivity contribution in [2.75, 3.05) is 20.2 Å². The number of phenols is 1. The molecule has 0 saturated carbocycles. The Bertz CT molecular complexity index is 1200. The van der Waals surface area contributed by atoms with Crippen LogP contribution < -0.4 is 10.1 Å². The summed E-state index contributed by atoms with van der Waals surface area (Å²) in [7, 11) is 3.52. The quantitative estimate of drug-likeness (QED) is 0.560. The molecule has 2 N–H and O–H groups in total. The molecule has 0 unspecified atom stereocenters. The largest absolute Gasteiger partial charge is 0.507 e. The van der Waals surface area contributed by atoms with E-state index in [2.05, 4.69) is 20.6 Å². The molecule has 0 radical (unpaired) electrons. The van der Waals surface area contributed by atoms with Gasteiger partial charge in [-0.1, -0.05) is 6.07 Å². The highest BCUT2D eigenvalue weighted by Crippen LogP contribution is 2.36. The summed E-state index contributed by atoms with van der Waals surface area (Å²) in [4.78, 5) is 0. The van der Waals surface area contributed by atoms with Gasteiger partial charge >= 0.3 is 0 Å². The summed E-state index contributed by atoms with van der Waals surface area (Å²) in [6.07, 6.45) is 1.95. The topological polar surface area (TPSA) is 85.1 Å². The molecule has 1 saturated heterocycles. The molecule has 0 spiro atoms. The summed E-state index contributed by atoms with van der Waals surface area (Å²) in [5.41, 5.74) is 4.96. The van der Waals surface area contributed by atoms with Gasteiger partial charge in [0.15, 0.2) is 0 Å². The van der Waals surface area contributed by atoms with Crippen LogP contribution in [0.15, 0.2) is 48.7 Å². The first-order chi connectivity index (χ1) is 14.1. The molecule has 2 aromatic carbocycles. The number of aromatic nitrogens is 4. The van der Waals surface area contributed by atoms with Gasteiger partial charge in [-0.05, 0) is 47.5 Å². The lowest BCUT2D eigenvalue weighted by molar-refractivity contribution is 0.418. The monoisotopic (exact) mass is 387 g/mol. The Morgan fingerprint density at radius 1 is 1.07 bits per heavy atom. The number of phenolic OH excluding ortho intramolecular Hbond substituents is 1. The Morgan fingerprint density at radius 3 is 2.59 bits per heavy atom. The van der Waals surface area contributed by atoms with Crippen LogP contribution in [-0.4, -0.2) is 45.3 Å². The van der Waals surface area contributed by atoms with Crippen molar-refractivity contribution in [3.05, 3.63) is 54.4 Å². The van der Waals surface area contributed by atoms with Crippen molar-refractivity contribution < 1.29 is 9.84 Å². The summed E-state index contributed by atoms with van der Waals surface area (Å²) >= 11 is 0. The van der Waals surface area contributed by atoms with Crippen LogP contribution in [0, 0.1) is 0 Å². The number of rotatable bonds is 4. The minimum atomic E-state index is 0.167. The van der Waals surface area contributed by atoms with E-state index in [-0.39, 0.29) is 5.75 Å². The summed E-state index contributed by atoms with van der Waals surface area (Å²) in [6.45, 7) is 1.89. The molecule has 0 atom stereocenters. The van der Waals surface area contributed by atoms with E-state index < -0.39 is 0 Å². The molecule has 4 aromatic rings. The van der Waals surface area contributed by atoms with Gasteiger partial charge in [0.05, 0.1) is 18.5 Å². The predicted octanol–water partition coefficient (Wildman–Crippen LogP) is 3.10. The first-order valence-corrected chi connectivity index (χ1v) is 9.52. The van der Waals surface area contributed by atoms with Gasteiger partial charge in [0, 0.05) is 43.2 Å². The molecular weight excluding hydrogens is 366 g/mol. The van der Waals surface area contributed by atoms with Crippen molar-refractivity contribution in [3.8, 4) is 33.9 Å². The fraction of sp³-hybridized carbons (Fsp3) is 0.227. The van der Waals surface area contributed by atoms with Crippen molar-refractivity contribution in [1.29, 1.82) is 0 Å². The van der Waals surface area contributed by atoms with Gasteiger partial charge in [-0.25, -0.2) is 0 Å². The predicted molar refractivity (Wildman–Crippen MR) is 111 cm³/mol. The average Bonchev–Trinajstić information content (AvgIpc) is 3.06. The molecule has 1 aliphatic rings. The van der Waals surface area contributed by atoms with Gasteiger partial charge in [0.1, 0.15) is 17.0 Å². The van der Waals surface area contributed by atoms with Crippen molar-refractivity contribution in [1.82, 2.24) is 25.3 Å². The number of methoxy groups -OCH3 is 1. The molecule has 0 amide bonds. The molecule has 1 fully saturated rings. The number of nitrogens with one attached hydrogen (secondary N) is 1. The first-order valence-electron chi connectivity index (χ1n) is 9.52. The maximum absolute atomic E-state index is 10.7. The normalized spacial score (nSPS) is 14.1. The zero-order chi connectivity index (χ0) is 20.0. The number of hydrogen-bond donors (Lipinski definition) is 2. The third-order valence-corrected chi connectivity index (χ3v) is 5.40. The molecule has 7 nitrogen and oxygen atoms in total. The second kappa shape index (κ2) is 6.86. The maximum atomic E-state index is 10.7. The van der Waals surface area contributed by atoms with Gasteiger partial charge in [-0.15, -0.1) is 0 Å². The SMILES string of the molecule is COc1cc(-c2ccc(-c3ccc(C4CNC4)nn3)c(O)c2)cc2cn(C)nc12. The van der Waals surface area contributed by atoms with Crippen LogP contribution in [0.4, 0.5) is 0 Å². The summed E-state index contributed by atoms with van der Waals surface area (Å²) in [6, 6.07) is 13.5. The van der Waals surface area contributed by atoms with Gasteiger partial charge in [-0.2, -0.15) is 15.3 Å². The van der Waals surface area contributed by atoms with Crippen LogP contribution in [0.1, 0.15) is 11.6 Å². The molecule has 1 aliphatic heterocycles. The van der Waals surface area contributed by atoms with Crippen LogP contribution >= 0.6 is 0 Å². The van der Waals surface area contributed by atoms with E-state index in [4.69, 9.17) is 4.74 Å². The highest BCUT2D eigenvalue weighted by Gasteiger charge is 2.21. The number of ether oxygens (including phenoxy) is 1. The van der Waals surface area contributed by atoms with Crippen LogP contribution in [0.2, 0.25) is 0 Å². The average molecular weight is 387 g/mol. The molecule has 146 valence electrons. The van der Waals surface area contributed by atoms with E-state index in [0.29, 0.717) is 22.9 Å². The Labute approximate surface area is 168 Å². The number of aromatic hydroxyl groups is 1. The third kappa shape index (κ3) is 3.09. The van der Waals surface area contributed by atoms with E-state index in [1.807, 2.05) is 49.6 Å². The maximum Gasteiger partial charge on any atom is 0.147 e. The number of benzene rings is 2. The molecule has 2 aromatic heterocycles. The zero-order valence-electron chi connectivity index (χ0n) is 16.3. The number of aryl methyl sites for hydroxylation is 1. The molecule has 29 heavy (non-hydrogen) atoms. The highest BCUT2D eigenvalue weighted by atomic mass is 16.5. The second-order valence-corrected chi connectivity index (χ2v) is 7.35. The Balaban J connectivity index is 1.50. The van der Waals surface area contributed by atoms with E-state index >= 15 is 0 Å². The van der Waals surface area contributed by atoms with Crippen LogP contribution in [0.3, 0.4) is 0 Å². The van der Waals surface area contributed by atoms with Crippen molar-refractivity contribution >= 4 is 10.9 Å². The minimum absolute atomic E-state index is 0.167. The number of hydrogen-bond acceptors (Lipinski definition) is 6. The summed E-state index contributed by atoms with van der Waals surface area (Å²) in [5.74, 6) is 1.30. The smallest absolute Gasteiger partial charge is 0.147 e. The lowest BCUT2D eigenvalue weighted by Gasteiger charge is -2.25. The van der Waals surface area contributed by atoms with E-state index in [0.717, 1.165) is 40.8 Å². The second-order valence-electron chi connectivity index (χ2n) is 7.35. The molecular formula is C22H21N5O2. The number of nitrogens with zero attached hydrogens (tertiary/aromatic N) is 4. The zero-order valence-corrected chi connectivity index (χ0v) is 16.3. The molecule has 0 bridgehead atoms. The Morgan fingerprint density at radius 2 is 1.93 bits per heavy atom. The Hall–Kier alpha value is -3.45. The van der Waals surface area contributed by atoms with E-state index in [1.54, 1.807) is 17.9 Å². The van der Waals surface area contributed by atoms with Crippen LogP contribution in [0.5, 0.6) is 11.5 Å². The first kappa shape index (κ1) is 17.6. The molecule has 7 heteroatoms. The van der Waals surface area contributed by atoms with Gasteiger partial charge in [0.2, 0.25) is 0 Å². The summed E-state index contributed by atoms with van der Waals surface area (Å²) in [5, 5.41) is 28.0.